The van der Waals surface area contributed by atoms with Gasteiger partial charge in [-0.15, -0.1) is 0 Å². The lowest BCUT2D eigenvalue weighted by Gasteiger charge is -2.34. The maximum atomic E-state index is 12.4. The molecule has 2 heterocycles. The van der Waals surface area contributed by atoms with Crippen molar-refractivity contribution in [2.75, 3.05) is 13.6 Å². The Bertz CT molecular complexity index is 575. The number of nitrogens with two attached hydrogens (primary N) is 1. The number of hydrogen-bond acceptors (Lipinski definition) is 4. The predicted octanol–water partition coefficient (Wildman–Crippen LogP) is 0.539. The van der Waals surface area contributed by atoms with Crippen molar-refractivity contribution in [1.29, 1.82) is 0 Å². The van der Waals surface area contributed by atoms with E-state index in [-0.39, 0.29) is 5.91 Å². The normalized spacial score (nSPS) is 11.8. The molecule has 2 rings (SSSR count). The standard InChI is InChI=1S/C12H17N5O/c1-12(2,8-13)16(3)11(18)9-6-15-17-5-4-14-7-10(9)17/h4-7H,8,13H2,1-3H3. The van der Waals surface area contributed by atoms with Crippen LogP contribution in [0.5, 0.6) is 0 Å². The number of rotatable bonds is 3. The molecule has 6 nitrogen and oxygen atoms in total. The van der Waals surface area contributed by atoms with Gasteiger partial charge in [-0.2, -0.15) is 5.10 Å². The van der Waals surface area contributed by atoms with E-state index in [1.165, 1.54) is 0 Å². The van der Waals surface area contributed by atoms with Crippen LogP contribution in [0.2, 0.25) is 0 Å². The van der Waals surface area contributed by atoms with Gasteiger partial charge in [-0.05, 0) is 13.8 Å². The third-order valence-corrected chi connectivity index (χ3v) is 3.27. The molecule has 96 valence electrons. The molecule has 0 saturated heterocycles. The molecule has 1 amide bonds. The Balaban J connectivity index is 2.40. The van der Waals surface area contributed by atoms with Crippen molar-refractivity contribution < 1.29 is 4.79 Å². The van der Waals surface area contributed by atoms with Gasteiger partial charge in [0, 0.05) is 31.5 Å². The zero-order valence-corrected chi connectivity index (χ0v) is 10.8. The van der Waals surface area contributed by atoms with Gasteiger partial charge in [0.25, 0.3) is 5.91 Å². The second-order valence-corrected chi connectivity index (χ2v) is 4.85. The zero-order chi connectivity index (χ0) is 13.3. The van der Waals surface area contributed by atoms with Gasteiger partial charge in [-0.25, -0.2) is 4.52 Å². The molecule has 0 unspecified atom stereocenters. The predicted molar refractivity (Wildman–Crippen MR) is 68.2 cm³/mol. The van der Waals surface area contributed by atoms with Crippen LogP contribution >= 0.6 is 0 Å². The molecule has 0 atom stereocenters. The maximum absolute atomic E-state index is 12.4. The van der Waals surface area contributed by atoms with Crippen molar-refractivity contribution >= 4 is 11.4 Å². The lowest BCUT2D eigenvalue weighted by molar-refractivity contribution is 0.0642. The van der Waals surface area contributed by atoms with E-state index >= 15 is 0 Å². The highest BCUT2D eigenvalue weighted by atomic mass is 16.2. The van der Waals surface area contributed by atoms with Crippen LogP contribution in [0.15, 0.2) is 24.8 Å². The Labute approximate surface area is 105 Å². The molecule has 6 heteroatoms. The highest BCUT2D eigenvalue weighted by Gasteiger charge is 2.28. The summed E-state index contributed by atoms with van der Waals surface area (Å²) in [5.41, 5.74) is 6.52. The molecule has 18 heavy (non-hydrogen) atoms. The highest BCUT2D eigenvalue weighted by Crippen LogP contribution is 2.17. The van der Waals surface area contributed by atoms with Crippen LogP contribution in [-0.4, -0.2) is 44.5 Å². The Hall–Kier alpha value is -1.95. The summed E-state index contributed by atoms with van der Waals surface area (Å²) in [6.45, 7) is 4.25. The summed E-state index contributed by atoms with van der Waals surface area (Å²) in [7, 11) is 1.75. The fraction of sp³-hybridized carbons (Fsp3) is 0.417. The molecule has 0 aliphatic rings. The number of likely N-dealkylation sites (N-methyl/N-ethyl adjacent to an activating group) is 1. The first-order valence-corrected chi connectivity index (χ1v) is 5.73. The number of hydrogen-bond donors (Lipinski definition) is 1. The maximum Gasteiger partial charge on any atom is 0.257 e. The van der Waals surface area contributed by atoms with Crippen molar-refractivity contribution in [3.63, 3.8) is 0 Å². The number of amides is 1. The number of fused-ring (bicyclic) bond motifs is 1. The zero-order valence-electron chi connectivity index (χ0n) is 10.8. The monoisotopic (exact) mass is 247 g/mol. The van der Waals surface area contributed by atoms with Crippen LogP contribution in [0.25, 0.3) is 5.52 Å². The van der Waals surface area contributed by atoms with Crippen molar-refractivity contribution in [2.24, 2.45) is 5.73 Å². The Kier molecular flexibility index (Phi) is 3.04. The van der Waals surface area contributed by atoms with Crippen LogP contribution in [-0.2, 0) is 0 Å². The molecule has 0 aromatic carbocycles. The number of nitrogens with zero attached hydrogens (tertiary/aromatic N) is 4. The summed E-state index contributed by atoms with van der Waals surface area (Å²) in [5.74, 6) is -0.103. The third kappa shape index (κ3) is 1.95. The minimum atomic E-state index is -0.395. The largest absolute Gasteiger partial charge is 0.335 e. The van der Waals surface area contributed by atoms with Gasteiger partial charge in [-0.3, -0.25) is 9.78 Å². The van der Waals surface area contributed by atoms with Crippen molar-refractivity contribution in [2.45, 2.75) is 19.4 Å². The molecule has 0 bridgehead atoms. The van der Waals surface area contributed by atoms with Gasteiger partial charge >= 0.3 is 0 Å². The lowest BCUT2D eigenvalue weighted by atomic mass is 10.0. The molecule has 2 aromatic heterocycles. The summed E-state index contributed by atoms with van der Waals surface area (Å²) in [5, 5.41) is 4.13. The number of carbonyl (C=O) groups is 1. The smallest absolute Gasteiger partial charge is 0.257 e. The van der Waals surface area contributed by atoms with Gasteiger partial charge < -0.3 is 10.6 Å². The topological polar surface area (TPSA) is 76.5 Å². The second-order valence-electron chi connectivity index (χ2n) is 4.85. The first-order valence-electron chi connectivity index (χ1n) is 5.73. The Morgan fingerprint density at radius 3 is 2.89 bits per heavy atom. The van der Waals surface area contributed by atoms with Gasteiger partial charge in [0.05, 0.1) is 23.5 Å². The fourth-order valence-electron chi connectivity index (χ4n) is 1.59. The van der Waals surface area contributed by atoms with Gasteiger partial charge in [0.1, 0.15) is 0 Å². The van der Waals surface area contributed by atoms with E-state index in [2.05, 4.69) is 10.1 Å². The number of aromatic nitrogens is 3. The van der Waals surface area contributed by atoms with Crippen molar-refractivity contribution in [1.82, 2.24) is 19.5 Å². The number of carbonyl (C=O) groups excluding carboxylic acids is 1. The van der Waals surface area contributed by atoms with Gasteiger partial charge in [0.15, 0.2) is 0 Å². The Morgan fingerprint density at radius 1 is 1.50 bits per heavy atom. The quantitative estimate of drug-likeness (QED) is 0.858. The molecule has 0 aliphatic heterocycles. The Morgan fingerprint density at radius 2 is 2.22 bits per heavy atom. The first kappa shape index (κ1) is 12.5. The van der Waals surface area contributed by atoms with E-state index in [9.17, 15) is 4.79 Å². The lowest BCUT2D eigenvalue weighted by Crippen LogP contribution is -2.50. The van der Waals surface area contributed by atoms with Crippen LogP contribution in [0.4, 0.5) is 0 Å². The average molecular weight is 247 g/mol. The summed E-state index contributed by atoms with van der Waals surface area (Å²) in [6, 6.07) is 0. The molecular formula is C12H17N5O. The van der Waals surface area contributed by atoms with Crippen molar-refractivity contribution in [3.8, 4) is 0 Å². The SMILES string of the molecule is CN(C(=O)c1cnn2ccncc12)C(C)(C)CN. The first-order chi connectivity index (χ1) is 8.47. The summed E-state index contributed by atoms with van der Waals surface area (Å²) >= 11 is 0. The minimum Gasteiger partial charge on any atom is -0.335 e. The third-order valence-electron chi connectivity index (χ3n) is 3.27. The van der Waals surface area contributed by atoms with E-state index < -0.39 is 5.54 Å². The molecule has 0 saturated carbocycles. The second kappa shape index (κ2) is 4.38. The molecule has 0 fully saturated rings. The van der Waals surface area contributed by atoms with Crippen molar-refractivity contribution in [3.05, 3.63) is 30.4 Å². The van der Waals surface area contributed by atoms with Crippen LogP contribution < -0.4 is 5.73 Å². The van der Waals surface area contributed by atoms with E-state index in [0.29, 0.717) is 17.6 Å². The molecule has 0 spiro atoms. The van der Waals surface area contributed by atoms with Gasteiger partial charge in [0.2, 0.25) is 0 Å². The van der Waals surface area contributed by atoms with E-state index in [1.807, 2.05) is 13.8 Å². The summed E-state index contributed by atoms with van der Waals surface area (Å²) < 4.78 is 1.63. The van der Waals surface area contributed by atoms with E-state index in [0.717, 1.165) is 0 Å². The molecule has 0 aliphatic carbocycles. The van der Waals surface area contributed by atoms with E-state index in [1.54, 1.807) is 41.3 Å². The molecule has 0 radical (unpaired) electrons. The fourth-order valence-corrected chi connectivity index (χ4v) is 1.59. The average Bonchev–Trinajstić information content (AvgIpc) is 2.80. The summed E-state index contributed by atoms with van der Waals surface area (Å²) in [4.78, 5) is 18.1. The molecule has 2 aromatic rings. The minimum absolute atomic E-state index is 0.103. The molecule has 2 N–H and O–H groups in total. The van der Waals surface area contributed by atoms with E-state index in [4.69, 9.17) is 5.73 Å². The highest BCUT2D eigenvalue weighted by molar-refractivity contribution is 6.00. The van der Waals surface area contributed by atoms with Crippen LogP contribution in [0.1, 0.15) is 24.2 Å². The summed E-state index contributed by atoms with van der Waals surface area (Å²) in [6.07, 6.45) is 6.52. The van der Waals surface area contributed by atoms with Crippen LogP contribution in [0.3, 0.4) is 0 Å². The van der Waals surface area contributed by atoms with Crippen LogP contribution in [0, 0.1) is 0 Å². The van der Waals surface area contributed by atoms with Gasteiger partial charge in [-0.1, -0.05) is 0 Å². The molecular weight excluding hydrogens is 230 g/mol.